The fourth-order valence-corrected chi connectivity index (χ4v) is 1.46. The van der Waals surface area contributed by atoms with E-state index in [4.69, 9.17) is 0 Å². The molecule has 0 aliphatic carbocycles. The number of nitrogens with one attached hydrogen (secondary N) is 1. The number of rotatable bonds is 4. The van der Waals surface area contributed by atoms with Gasteiger partial charge in [-0.15, -0.1) is 0 Å². The average molecular weight is 195 g/mol. The third kappa shape index (κ3) is 2.58. The van der Waals surface area contributed by atoms with Crippen molar-refractivity contribution < 1.29 is 0 Å². The van der Waals surface area contributed by atoms with E-state index in [9.17, 15) is 0 Å². The van der Waals surface area contributed by atoms with Crippen molar-refractivity contribution in [3.63, 3.8) is 0 Å². The van der Waals surface area contributed by atoms with Crippen LogP contribution in [0.25, 0.3) is 0 Å². The Labute approximate surface area is 86.5 Å². The summed E-state index contributed by atoms with van der Waals surface area (Å²) in [5, 5.41) is 3.54. The lowest BCUT2D eigenvalue weighted by Crippen LogP contribution is -2.34. The van der Waals surface area contributed by atoms with E-state index in [2.05, 4.69) is 42.6 Å². The molecule has 0 aromatic carbocycles. The molecule has 1 aromatic rings. The summed E-state index contributed by atoms with van der Waals surface area (Å²) < 4.78 is 2.06. The maximum Gasteiger partial charge on any atom is 0.125 e. The minimum absolute atomic E-state index is 0.312. The summed E-state index contributed by atoms with van der Waals surface area (Å²) in [5.41, 5.74) is 0. The van der Waals surface area contributed by atoms with Crippen molar-refractivity contribution >= 4 is 0 Å². The predicted molar refractivity (Wildman–Crippen MR) is 59.1 cm³/mol. The summed E-state index contributed by atoms with van der Waals surface area (Å²) in [6.07, 6.45) is 3.82. The van der Waals surface area contributed by atoms with Gasteiger partial charge in [-0.1, -0.05) is 13.8 Å². The highest BCUT2D eigenvalue weighted by Crippen LogP contribution is 2.11. The molecule has 0 saturated heterocycles. The van der Waals surface area contributed by atoms with E-state index in [1.54, 1.807) is 0 Å². The van der Waals surface area contributed by atoms with Crippen molar-refractivity contribution in [3.8, 4) is 0 Å². The molecule has 0 bridgehead atoms. The highest BCUT2D eigenvalue weighted by atomic mass is 15.1. The fourth-order valence-electron chi connectivity index (χ4n) is 1.46. The van der Waals surface area contributed by atoms with Crippen LogP contribution >= 0.6 is 0 Å². The summed E-state index contributed by atoms with van der Waals surface area (Å²) in [6, 6.07) is 0.828. The zero-order valence-electron chi connectivity index (χ0n) is 9.78. The Bertz CT molecular complexity index is 278. The van der Waals surface area contributed by atoms with Gasteiger partial charge in [0, 0.05) is 25.5 Å². The Morgan fingerprint density at radius 2 is 1.93 bits per heavy atom. The summed E-state index contributed by atoms with van der Waals surface area (Å²) in [6.45, 7) is 8.82. The lowest BCUT2D eigenvalue weighted by atomic mass is 10.1. The predicted octanol–water partition coefficient (Wildman–Crippen LogP) is 2.12. The molecule has 0 aliphatic heterocycles. The third-order valence-electron chi connectivity index (χ3n) is 2.76. The smallest absolute Gasteiger partial charge is 0.125 e. The fraction of sp³-hybridized carbons (Fsp3) is 0.727. The van der Waals surface area contributed by atoms with Crippen LogP contribution in [-0.4, -0.2) is 15.6 Å². The van der Waals surface area contributed by atoms with Gasteiger partial charge in [-0.2, -0.15) is 0 Å². The van der Waals surface area contributed by atoms with E-state index < -0.39 is 0 Å². The van der Waals surface area contributed by atoms with Crippen LogP contribution in [0.1, 0.15) is 39.6 Å². The molecule has 0 radical (unpaired) electrons. The Hall–Kier alpha value is -0.830. The van der Waals surface area contributed by atoms with Crippen LogP contribution in [0.2, 0.25) is 0 Å². The quantitative estimate of drug-likeness (QED) is 0.797. The molecule has 1 rings (SSSR count). The van der Waals surface area contributed by atoms with Crippen LogP contribution < -0.4 is 5.32 Å². The van der Waals surface area contributed by atoms with Crippen LogP contribution in [0.15, 0.2) is 12.4 Å². The van der Waals surface area contributed by atoms with Crippen molar-refractivity contribution in [3.05, 3.63) is 18.2 Å². The number of nitrogens with zero attached hydrogens (tertiary/aromatic N) is 2. The van der Waals surface area contributed by atoms with E-state index >= 15 is 0 Å². The van der Waals surface area contributed by atoms with E-state index in [1.807, 2.05) is 19.4 Å². The molecule has 0 aliphatic rings. The third-order valence-corrected chi connectivity index (χ3v) is 2.76. The number of aryl methyl sites for hydroxylation is 1. The minimum Gasteiger partial charge on any atom is -0.337 e. The first kappa shape index (κ1) is 11.2. The second-order valence-corrected chi connectivity index (χ2v) is 4.32. The first-order chi connectivity index (χ1) is 6.52. The first-order valence-corrected chi connectivity index (χ1v) is 5.25. The standard InChI is InChI=1S/C11H21N3/c1-8(2)9(3)13-10(4)11-12-6-7-14(11)5/h6-10,13H,1-5H3. The van der Waals surface area contributed by atoms with Crippen molar-refractivity contribution in [2.45, 2.75) is 39.8 Å². The highest BCUT2D eigenvalue weighted by molar-refractivity contribution is 4.97. The summed E-state index contributed by atoms with van der Waals surface area (Å²) in [4.78, 5) is 4.33. The summed E-state index contributed by atoms with van der Waals surface area (Å²) in [5.74, 6) is 1.75. The van der Waals surface area contributed by atoms with Crippen LogP contribution in [0, 0.1) is 5.92 Å². The van der Waals surface area contributed by atoms with Gasteiger partial charge in [0.2, 0.25) is 0 Å². The first-order valence-electron chi connectivity index (χ1n) is 5.25. The van der Waals surface area contributed by atoms with Crippen molar-refractivity contribution in [1.29, 1.82) is 0 Å². The van der Waals surface area contributed by atoms with Gasteiger partial charge >= 0.3 is 0 Å². The molecule has 3 heteroatoms. The SMILES string of the molecule is CC(NC(C)C(C)C)c1nccn1C. The molecule has 1 heterocycles. The lowest BCUT2D eigenvalue weighted by molar-refractivity contribution is 0.377. The Balaban J connectivity index is 2.59. The second-order valence-electron chi connectivity index (χ2n) is 4.32. The number of aromatic nitrogens is 2. The normalized spacial score (nSPS) is 15.9. The molecule has 0 amide bonds. The van der Waals surface area contributed by atoms with Crippen LogP contribution in [0.5, 0.6) is 0 Å². The molecule has 0 spiro atoms. The summed E-state index contributed by atoms with van der Waals surface area (Å²) >= 11 is 0. The molecule has 2 atom stereocenters. The van der Waals surface area contributed by atoms with E-state index in [1.165, 1.54) is 0 Å². The van der Waals surface area contributed by atoms with Gasteiger partial charge in [-0.05, 0) is 19.8 Å². The Kier molecular flexibility index (Phi) is 3.69. The number of hydrogen-bond acceptors (Lipinski definition) is 2. The van der Waals surface area contributed by atoms with Crippen LogP contribution in [0.4, 0.5) is 0 Å². The molecule has 1 aromatic heterocycles. The molecule has 80 valence electrons. The van der Waals surface area contributed by atoms with Crippen molar-refractivity contribution in [2.24, 2.45) is 13.0 Å². The molecule has 2 unspecified atom stereocenters. The molecular weight excluding hydrogens is 174 g/mol. The van der Waals surface area contributed by atoms with Crippen molar-refractivity contribution in [2.75, 3.05) is 0 Å². The largest absolute Gasteiger partial charge is 0.337 e. The monoisotopic (exact) mass is 195 g/mol. The zero-order valence-corrected chi connectivity index (χ0v) is 9.78. The van der Waals surface area contributed by atoms with E-state index in [0.717, 1.165) is 5.82 Å². The Morgan fingerprint density at radius 1 is 1.29 bits per heavy atom. The van der Waals surface area contributed by atoms with E-state index in [-0.39, 0.29) is 0 Å². The average Bonchev–Trinajstić information content (AvgIpc) is 2.51. The second kappa shape index (κ2) is 4.60. The van der Waals surface area contributed by atoms with Gasteiger partial charge in [-0.3, -0.25) is 0 Å². The molecule has 0 fully saturated rings. The van der Waals surface area contributed by atoms with Gasteiger partial charge in [-0.25, -0.2) is 4.98 Å². The minimum atomic E-state index is 0.312. The van der Waals surface area contributed by atoms with E-state index in [0.29, 0.717) is 18.0 Å². The lowest BCUT2D eigenvalue weighted by Gasteiger charge is -2.22. The van der Waals surface area contributed by atoms with Crippen LogP contribution in [0.3, 0.4) is 0 Å². The van der Waals surface area contributed by atoms with Crippen molar-refractivity contribution in [1.82, 2.24) is 14.9 Å². The zero-order chi connectivity index (χ0) is 10.7. The topological polar surface area (TPSA) is 29.9 Å². The van der Waals surface area contributed by atoms with Gasteiger partial charge in [0.15, 0.2) is 0 Å². The van der Waals surface area contributed by atoms with Gasteiger partial charge in [0.25, 0.3) is 0 Å². The summed E-state index contributed by atoms with van der Waals surface area (Å²) in [7, 11) is 2.03. The number of imidazole rings is 1. The maximum absolute atomic E-state index is 4.33. The van der Waals surface area contributed by atoms with Crippen LogP contribution in [-0.2, 0) is 7.05 Å². The number of hydrogen-bond donors (Lipinski definition) is 1. The van der Waals surface area contributed by atoms with Gasteiger partial charge in [0.1, 0.15) is 5.82 Å². The van der Waals surface area contributed by atoms with Gasteiger partial charge in [0.05, 0.1) is 6.04 Å². The molecule has 3 nitrogen and oxygen atoms in total. The molecular formula is C11H21N3. The van der Waals surface area contributed by atoms with Gasteiger partial charge < -0.3 is 9.88 Å². The Morgan fingerprint density at radius 3 is 2.36 bits per heavy atom. The maximum atomic E-state index is 4.33. The highest BCUT2D eigenvalue weighted by Gasteiger charge is 2.14. The molecule has 1 N–H and O–H groups in total. The molecule has 0 saturated carbocycles. The molecule has 14 heavy (non-hydrogen) atoms.